The van der Waals surface area contributed by atoms with Crippen molar-refractivity contribution >= 4 is 11.2 Å². The standard InChI is InChI=1S/C13H20N4O/c1-4-9(3)14-8-11-15-10-6-7-12(18-5-2)17-13(10)16-11/h6-7,9,14H,4-5,8H2,1-3H3,(H,15,16,17). The number of ether oxygens (including phenoxy) is 1. The Morgan fingerprint density at radius 3 is 2.89 bits per heavy atom. The molecule has 0 amide bonds. The van der Waals surface area contributed by atoms with Crippen LogP contribution in [-0.4, -0.2) is 27.6 Å². The molecule has 2 rings (SSSR count). The molecule has 2 aromatic rings. The minimum absolute atomic E-state index is 0.491. The number of aromatic nitrogens is 3. The van der Waals surface area contributed by atoms with E-state index in [9.17, 15) is 0 Å². The normalized spacial score (nSPS) is 12.8. The third-order valence-electron chi connectivity index (χ3n) is 2.89. The molecule has 0 saturated heterocycles. The molecule has 0 aliphatic rings. The lowest BCUT2D eigenvalue weighted by Gasteiger charge is -2.08. The molecule has 0 aromatic carbocycles. The second-order valence-corrected chi connectivity index (χ2v) is 4.33. The molecule has 2 aromatic heterocycles. The van der Waals surface area contributed by atoms with Crippen molar-refractivity contribution in [3.8, 4) is 5.88 Å². The van der Waals surface area contributed by atoms with Crippen molar-refractivity contribution in [2.45, 2.75) is 39.8 Å². The summed E-state index contributed by atoms with van der Waals surface area (Å²) in [6.45, 7) is 7.61. The molecular formula is C13H20N4O. The lowest BCUT2D eigenvalue weighted by molar-refractivity contribution is 0.328. The Hall–Kier alpha value is -1.62. The Bertz CT molecular complexity index is 509. The number of hydrogen-bond donors (Lipinski definition) is 2. The monoisotopic (exact) mass is 248 g/mol. The van der Waals surface area contributed by atoms with Crippen molar-refractivity contribution in [2.24, 2.45) is 0 Å². The van der Waals surface area contributed by atoms with Crippen molar-refractivity contribution in [2.75, 3.05) is 6.61 Å². The molecule has 0 aliphatic heterocycles. The number of nitrogens with zero attached hydrogens (tertiary/aromatic N) is 2. The number of fused-ring (bicyclic) bond motifs is 1. The summed E-state index contributed by atoms with van der Waals surface area (Å²) < 4.78 is 5.36. The highest BCUT2D eigenvalue weighted by atomic mass is 16.5. The van der Waals surface area contributed by atoms with Crippen LogP contribution in [0.4, 0.5) is 0 Å². The SMILES string of the molecule is CCOc1ccc2[nH]c(CNC(C)CC)nc2n1. The third kappa shape index (κ3) is 2.98. The van der Waals surface area contributed by atoms with Crippen LogP contribution in [0.3, 0.4) is 0 Å². The molecule has 0 bridgehead atoms. The zero-order valence-electron chi connectivity index (χ0n) is 11.2. The second-order valence-electron chi connectivity index (χ2n) is 4.33. The molecule has 98 valence electrons. The lowest BCUT2D eigenvalue weighted by Crippen LogP contribution is -2.24. The van der Waals surface area contributed by atoms with E-state index in [1.807, 2.05) is 19.1 Å². The van der Waals surface area contributed by atoms with Gasteiger partial charge in [0.25, 0.3) is 0 Å². The second kappa shape index (κ2) is 5.82. The van der Waals surface area contributed by atoms with Gasteiger partial charge in [0, 0.05) is 12.1 Å². The summed E-state index contributed by atoms with van der Waals surface area (Å²) in [6.07, 6.45) is 1.10. The maximum Gasteiger partial charge on any atom is 0.215 e. The predicted molar refractivity (Wildman–Crippen MR) is 71.7 cm³/mol. The van der Waals surface area contributed by atoms with Crippen LogP contribution in [0.2, 0.25) is 0 Å². The predicted octanol–water partition coefficient (Wildman–Crippen LogP) is 2.24. The number of pyridine rings is 1. The van der Waals surface area contributed by atoms with Gasteiger partial charge in [-0.15, -0.1) is 0 Å². The van der Waals surface area contributed by atoms with Crippen LogP contribution >= 0.6 is 0 Å². The fourth-order valence-corrected chi connectivity index (χ4v) is 1.65. The summed E-state index contributed by atoms with van der Waals surface area (Å²) in [5, 5.41) is 3.40. The van der Waals surface area contributed by atoms with Crippen molar-refractivity contribution in [1.82, 2.24) is 20.3 Å². The van der Waals surface area contributed by atoms with Gasteiger partial charge in [0.1, 0.15) is 5.82 Å². The van der Waals surface area contributed by atoms with Crippen LogP contribution in [-0.2, 0) is 6.54 Å². The molecule has 2 N–H and O–H groups in total. The van der Waals surface area contributed by atoms with Crippen LogP contribution in [0.5, 0.6) is 5.88 Å². The van der Waals surface area contributed by atoms with Crippen LogP contribution in [0.25, 0.3) is 11.2 Å². The molecule has 5 heteroatoms. The third-order valence-corrected chi connectivity index (χ3v) is 2.89. The highest BCUT2D eigenvalue weighted by molar-refractivity contribution is 5.71. The van der Waals surface area contributed by atoms with Gasteiger partial charge in [-0.05, 0) is 26.3 Å². The minimum Gasteiger partial charge on any atom is -0.478 e. The minimum atomic E-state index is 0.491. The zero-order chi connectivity index (χ0) is 13.0. The fraction of sp³-hybridized carbons (Fsp3) is 0.538. The fourth-order valence-electron chi connectivity index (χ4n) is 1.65. The number of hydrogen-bond acceptors (Lipinski definition) is 4. The van der Waals surface area contributed by atoms with Gasteiger partial charge in [-0.3, -0.25) is 0 Å². The first-order chi connectivity index (χ1) is 8.72. The summed E-state index contributed by atoms with van der Waals surface area (Å²) in [5.41, 5.74) is 1.65. The molecular weight excluding hydrogens is 228 g/mol. The van der Waals surface area contributed by atoms with Crippen LogP contribution < -0.4 is 10.1 Å². The Kier molecular flexibility index (Phi) is 4.15. The van der Waals surface area contributed by atoms with Crippen LogP contribution in [0.1, 0.15) is 33.0 Å². The van der Waals surface area contributed by atoms with Gasteiger partial charge in [-0.1, -0.05) is 6.92 Å². The Balaban J connectivity index is 2.11. The van der Waals surface area contributed by atoms with E-state index in [2.05, 4.69) is 34.1 Å². The molecule has 1 unspecified atom stereocenters. The van der Waals surface area contributed by atoms with Crippen LogP contribution in [0, 0.1) is 0 Å². The van der Waals surface area contributed by atoms with Gasteiger partial charge in [-0.2, -0.15) is 4.98 Å². The molecule has 0 radical (unpaired) electrons. The first-order valence-electron chi connectivity index (χ1n) is 6.44. The number of nitrogens with one attached hydrogen (secondary N) is 2. The number of aromatic amines is 1. The lowest BCUT2D eigenvalue weighted by atomic mass is 10.2. The average Bonchev–Trinajstić information content (AvgIpc) is 2.78. The maximum atomic E-state index is 5.36. The topological polar surface area (TPSA) is 62.8 Å². The van der Waals surface area contributed by atoms with E-state index in [0.29, 0.717) is 24.2 Å². The van der Waals surface area contributed by atoms with E-state index in [4.69, 9.17) is 4.74 Å². The molecule has 0 aliphatic carbocycles. The average molecular weight is 248 g/mol. The summed E-state index contributed by atoms with van der Waals surface area (Å²) in [5.74, 6) is 1.53. The van der Waals surface area contributed by atoms with E-state index < -0.39 is 0 Å². The Labute approximate surface area is 107 Å². The van der Waals surface area contributed by atoms with E-state index in [-0.39, 0.29) is 0 Å². The molecule has 5 nitrogen and oxygen atoms in total. The Morgan fingerprint density at radius 1 is 1.33 bits per heavy atom. The number of H-pyrrole nitrogens is 1. The molecule has 2 heterocycles. The van der Waals surface area contributed by atoms with Crippen molar-refractivity contribution in [3.05, 3.63) is 18.0 Å². The first kappa shape index (κ1) is 12.8. The summed E-state index contributed by atoms with van der Waals surface area (Å²) >= 11 is 0. The molecule has 0 saturated carbocycles. The maximum absolute atomic E-state index is 5.36. The molecule has 1 atom stereocenters. The first-order valence-corrected chi connectivity index (χ1v) is 6.44. The van der Waals surface area contributed by atoms with Gasteiger partial charge in [0.15, 0.2) is 5.65 Å². The van der Waals surface area contributed by atoms with E-state index in [1.54, 1.807) is 0 Å². The summed E-state index contributed by atoms with van der Waals surface area (Å²) in [4.78, 5) is 12.0. The van der Waals surface area contributed by atoms with Crippen molar-refractivity contribution in [1.29, 1.82) is 0 Å². The Morgan fingerprint density at radius 2 is 2.17 bits per heavy atom. The van der Waals surface area contributed by atoms with Gasteiger partial charge in [-0.25, -0.2) is 4.98 Å². The number of rotatable bonds is 6. The van der Waals surface area contributed by atoms with Crippen molar-refractivity contribution in [3.63, 3.8) is 0 Å². The van der Waals surface area contributed by atoms with Gasteiger partial charge in [0.05, 0.1) is 18.7 Å². The van der Waals surface area contributed by atoms with Gasteiger partial charge < -0.3 is 15.0 Å². The summed E-state index contributed by atoms with van der Waals surface area (Å²) in [6, 6.07) is 4.30. The highest BCUT2D eigenvalue weighted by Gasteiger charge is 2.06. The van der Waals surface area contributed by atoms with Gasteiger partial charge in [0.2, 0.25) is 5.88 Å². The molecule has 0 spiro atoms. The van der Waals surface area contributed by atoms with E-state index in [1.165, 1.54) is 0 Å². The quantitative estimate of drug-likeness (QED) is 0.823. The zero-order valence-corrected chi connectivity index (χ0v) is 11.2. The van der Waals surface area contributed by atoms with E-state index >= 15 is 0 Å². The van der Waals surface area contributed by atoms with Crippen LogP contribution in [0.15, 0.2) is 12.1 Å². The smallest absolute Gasteiger partial charge is 0.215 e. The number of imidazole rings is 1. The van der Waals surface area contributed by atoms with Crippen molar-refractivity contribution < 1.29 is 4.74 Å². The largest absolute Gasteiger partial charge is 0.478 e. The molecule has 18 heavy (non-hydrogen) atoms. The highest BCUT2D eigenvalue weighted by Crippen LogP contribution is 2.14. The summed E-state index contributed by atoms with van der Waals surface area (Å²) in [7, 11) is 0. The van der Waals surface area contributed by atoms with Gasteiger partial charge >= 0.3 is 0 Å². The molecule has 0 fully saturated rings. The van der Waals surface area contributed by atoms with E-state index in [0.717, 1.165) is 24.3 Å².